The standard InChI is InChI=1S/C24H28ClN5O5S/c1-5-35-21-12-16(11-20(33-3)22(21)34-4)27-24-26-13-18(25)23(29-24)28-19-9-6-15(10-14(19)2)30-36(31,32)17-7-8-17/h6,9-13,17,30H,5,7-8H2,1-4H3,(H2,26,27,28,29). The van der Waals surface area contributed by atoms with E-state index in [9.17, 15) is 8.42 Å². The number of halogens is 1. The Morgan fingerprint density at radius 3 is 2.44 bits per heavy atom. The average Bonchev–Trinajstić information content (AvgIpc) is 3.69. The van der Waals surface area contributed by atoms with Crippen LogP contribution in [0.2, 0.25) is 5.02 Å². The number of nitrogens with zero attached hydrogens (tertiary/aromatic N) is 2. The van der Waals surface area contributed by atoms with Gasteiger partial charge >= 0.3 is 0 Å². The highest BCUT2D eigenvalue weighted by Gasteiger charge is 2.35. The first kappa shape index (κ1) is 25.6. The summed E-state index contributed by atoms with van der Waals surface area (Å²) in [7, 11) is -0.243. The summed E-state index contributed by atoms with van der Waals surface area (Å²) in [6.07, 6.45) is 2.89. The van der Waals surface area contributed by atoms with E-state index in [0.717, 1.165) is 11.3 Å². The van der Waals surface area contributed by atoms with Crippen LogP contribution in [-0.4, -0.2) is 44.5 Å². The molecule has 0 amide bonds. The summed E-state index contributed by atoms with van der Waals surface area (Å²) in [5.74, 6) is 2.17. The minimum Gasteiger partial charge on any atom is -0.493 e. The summed E-state index contributed by atoms with van der Waals surface area (Å²) >= 11 is 6.35. The Kier molecular flexibility index (Phi) is 7.60. The Bertz CT molecular complexity index is 1370. The number of aromatic nitrogens is 2. The molecule has 0 spiro atoms. The van der Waals surface area contributed by atoms with Crippen molar-refractivity contribution in [3.05, 3.63) is 47.1 Å². The van der Waals surface area contributed by atoms with Gasteiger partial charge in [0.15, 0.2) is 17.3 Å². The second kappa shape index (κ2) is 10.7. The molecule has 3 N–H and O–H groups in total. The van der Waals surface area contributed by atoms with Crippen molar-refractivity contribution in [3.63, 3.8) is 0 Å². The van der Waals surface area contributed by atoms with E-state index in [1.165, 1.54) is 6.20 Å². The fraction of sp³-hybridized carbons (Fsp3) is 0.333. The lowest BCUT2D eigenvalue weighted by atomic mass is 10.2. The molecular weight excluding hydrogens is 506 g/mol. The molecular formula is C24H28ClN5O5S. The van der Waals surface area contributed by atoms with Gasteiger partial charge in [-0.05, 0) is 50.5 Å². The number of aryl methyl sites for hydroxylation is 1. The van der Waals surface area contributed by atoms with Crippen LogP contribution < -0.4 is 29.6 Å². The maximum atomic E-state index is 12.2. The first-order valence-electron chi connectivity index (χ1n) is 11.3. The van der Waals surface area contributed by atoms with Gasteiger partial charge in [0, 0.05) is 29.2 Å². The van der Waals surface area contributed by atoms with Crippen LogP contribution >= 0.6 is 11.6 Å². The van der Waals surface area contributed by atoms with E-state index in [4.69, 9.17) is 25.8 Å². The van der Waals surface area contributed by atoms with E-state index >= 15 is 0 Å². The quantitative estimate of drug-likeness (QED) is 0.303. The number of anilines is 5. The number of ether oxygens (including phenoxy) is 3. The molecule has 1 aliphatic rings. The van der Waals surface area contributed by atoms with Crippen molar-refractivity contribution in [2.45, 2.75) is 31.9 Å². The molecule has 1 heterocycles. The van der Waals surface area contributed by atoms with E-state index in [0.29, 0.717) is 64.9 Å². The molecule has 1 fully saturated rings. The van der Waals surface area contributed by atoms with Crippen molar-refractivity contribution in [3.8, 4) is 17.2 Å². The number of sulfonamides is 1. The maximum Gasteiger partial charge on any atom is 0.235 e. The first-order valence-corrected chi connectivity index (χ1v) is 13.2. The molecule has 192 valence electrons. The van der Waals surface area contributed by atoms with Crippen LogP contribution in [0, 0.1) is 6.92 Å². The Labute approximate surface area is 215 Å². The third-order valence-electron chi connectivity index (χ3n) is 5.45. The first-order chi connectivity index (χ1) is 17.2. The van der Waals surface area contributed by atoms with Gasteiger partial charge in [-0.2, -0.15) is 4.98 Å². The third-order valence-corrected chi connectivity index (χ3v) is 7.59. The van der Waals surface area contributed by atoms with Gasteiger partial charge < -0.3 is 24.8 Å². The van der Waals surface area contributed by atoms with Gasteiger partial charge in [-0.1, -0.05) is 11.6 Å². The lowest BCUT2D eigenvalue weighted by molar-refractivity contribution is 0.297. The number of nitrogens with one attached hydrogen (secondary N) is 3. The van der Waals surface area contributed by atoms with E-state index in [1.54, 1.807) is 44.6 Å². The molecule has 4 rings (SSSR count). The van der Waals surface area contributed by atoms with E-state index in [1.807, 2.05) is 13.8 Å². The van der Waals surface area contributed by atoms with Gasteiger partial charge in [-0.25, -0.2) is 13.4 Å². The zero-order valence-corrected chi connectivity index (χ0v) is 22.0. The Balaban J connectivity index is 1.54. The molecule has 1 aromatic heterocycles. The monoisotopic (exact) mass is 533 g/mol. The zero-order valence-electron chi connectivity index (χ0n) is 20.4. The SMILES string of the molecule is CCOc1cc(Nc2ncc(Cl)c(Nc3ccc(NS(=O)(=O)C4CC4)cc3C)n2)cc(OC)c1OC. The predicted molar refractivity (Wildman–Crippen MR) is 141 cm³/mol. The molecule has 0 radical (unpaired) electrons. The molecule has 2 aromatic carbocycles. The zero-order chi connectivity index (χ0) is 25.9. The highest BCUT2D eigenvalue weighted by molar-refractivity contribution is 7.93. The lowest BCUT2D eigenvalue weighted by Gasteiger charge is -2.16. The normalized spacial score (nSPS) is 13.1. The van der Waals surface area contributed by atoms with Crippen LogP contribution in [0.5, 0.6) is 17.2 Å². The summed E-state index contributed by atoms with van der Waals surface area (Å²) in [6, 6.07) is 8.74. The maximum absolute atomic E-state index is 12.2. The van der Waals surface area contributed by atoms with Gasteiger partial charge in [-0.15, -0.1) is 0 Å². The van der Waals surface area contributed by atoms with Crippen molar-refractivity contribution < 1.29 is 22.6 Å². The van der Waals surface area contributed by atoms with Gasteiger partial charge in [0.1, 0.15) is 5.02 Å². The van der Waals surface area contributed by atoms with Crippen LogP contribution in [0.15, 0.2) is 36.5 Å². The summed E-state index contributed by atoms with van der Waals surface area (Å²) in [6.45, 7) is 4.20. The van der Waals surface area contributed by atoms with E-state index in [2.05, 4.69) is 25.3 Å². The van der Waals surface area contributed by atoms with Crippen molar-refractivity contribution in [1.29, 1.82) is 0 Å². The lowest BCUT2D eigenvalue weighted by Crippen LogP contribution is -2.17. The largest absolute Gasteiger partial charge is 0.493 e. The highest BCUT2D eigenvalue weighted by atomic mass is 35.5. The topological polar surface area (TPSA) is 124 Å². The summed E-state index contributed by atoms with van der Waals surface area (Å²) in [4.78, 5) is 8.77. The molecule has 0 unspecified atom stereocenters. The number of methoxy groups -OCH3 is 2. The van der Waals surface area contributed by atoms with Crippen LogP contribution in [-0.2, 0) is 10.0 Å². The smallest absolute Gasteiger partial charge is 0.235 e. The second-order valence-electron chi connectivity index (χ2n) is 8.16. The van der Waals surface area contributed by atoms with Crippen molar-refractivity contribution in [2.75, 3.05) is 36.2 Å². The molecule has 0 aliphatic heterocycles. The third kappa shape index (κ3) is 5.85. The van der Waals surface area contributed by atoms with Crippen LogP contribution in [0.25, 0.3) is 0 Å². The van der Waals surface area contributed by atoms with Crippen LogP contribution in [0.3, 0.4) is 0 Å². The number of benzene rings is 2. The molecule has 0 bridgehead atoms. The highest BCUT2D eigenvalue weighted by Crippen LogP contribution is 2.41. The molecule has 0 saturated heterocycles. The fourth-order valence-corrected chi connectivity index (χ4v) is 5.05. The van der Waals surface area contributed by atoms with Gasteiger partial charge in [0.25, 0.3) is 0 Å². The molecule has 1 aliphatic carbocycles. The molecule has 10 nitrogen and oxygen atoms in total. The van der Waals surface area contributed by atoms with Crippen LogP contribution in [0.1, 0.15) is 25.3 Å². The van der Waals surface area contributed by atoms with Crippen molar-refractivity contribution in [2.24, 2.45) is 0 Å². The minimum absolute atomic E-state index is 0.294. The van der Waals surface area contributed by atoms with E-state index < -0.39 is 10.0 Å². The van der Waals surface area contributed by atoms with Crippen molar-refractivity contribution >= 4 is 50.5 Å². The van der Waals surface area contributed by atoms with E-state index in [-0.39, 0.29) is 5.25 Å². The summed E-state index contributed by atoms with van der Waals surface area (Å²) in [5, 5.41) is 6.36. The molecule has 3 aromatic rings. The fourth-order valence-electron chi connectivity index (χ4n) is 3.53. The second-order valence-corrected chi connectivity index (χ2v) is 10.5. The average molecular weight is 534 g/mol. The Hall–Kier alpha value is -3.44. The Morgan fingerprint density at radius 2 is 1.81 bits per heavy atom. The number of hydrogen-bond donors (Lipinski definition) is 3. The predicted octanol–water partition coefficient (Wildman–Crippen LogP) is 5.25. The van der Waals surface area contributed by atoms with Gasteiger partial charge in [0.05, 0.1) is 32.3 Å². The van der Waals surface area contributed by atoms with Crippen molar-refractivity contribution in [1.82, 2.24) is 9.97 Å². The van der Waals surface area contributed by atoms with Gasteiger partial charge in [0.2, 0.25) is 21.7 Å². The Morgan fingerprint density at radius 1 is 1.06 bits per heavy atom. The molecule has 0 atom stereocenters. The molecule has 1 saturated carbocycles. The van der Waals surface area contributed by atoms with Gasteiger partial charge in [-0.3, -0.25) is 4.72 Å². The number of rotatable bonds is 11. The molecule has 12 heteroatoms. The summed E-state index contributed by atoms with van der Waals surface area (Å²) in [5.41, 5.74) is 2.68. The number of hydrogen-bond acceptors (Lipinski definition) is 9. The minimum atomic E-state index is -3.33. The molecule has 36 heavy (non-hydrogen) atoms. The summed E-state index contributed by atoms with van der Waals surface area (Å²) < 4.78 is 43.6. The van der Waals surface area contributed by atoms with Crippen LogP contribution in [0.4, 0.5) is 28.8 Å².